The highest BCUT2D eigenvalue weighted by molar-refractivity contribution is 7.89. The van der Waals surface area contributed by atoms with Gasteiger partial charge in [-0.2, -0.15) is 4.31 Å². The summed E-state index contributed by atoms with van der Waals surface area (Å²) < 4.78 is 32.1. The summed E-state index contributed by atoms with van der Waals surface area (Å²) >= 11 is 0. The summed E-state index contributed by atoms with van der Waals surface area (Å²) in [6.45, 7) is 4.43. The number of rotatable bonds is 6. The van der Waals surface area contributed by atoms with Crippen molar-refractivity contribution in [3.63, 3.8) is 0 Å². The minimum Gasteiger partial charge on any atom is -0.494 e. The van der Waals surface area contributed by atoms with Crippen molar-refractivity contribution >= 4 is 10.0 Å². The van der Waals surface area contributed by atoms with E-state index in [0.717, 1.165) is 13.0 Å². The fraction of sp³-hybridized carbons (Fsp3) is 0.571. The van der Waals surface area contributed by atoms with Gasteiger partial charge in [-0.05, 0) is 45.0 Å². The van der Waals surface area contributed by atoms with E-state index in [-0.39, 0.29) is 0 Å². The zero-order valence-corrected chi connectivity index (χ0v) is 12.8. The Kier molecular flexibility index (Phi) is 5.01. The van der Waals surface area contributed by atoms with Gasteiger partial charge in [0.05, 0.1) is 11.5 Å². The zero-order chi connectivity index (χ0) is 14.6. The normalized spacial score (nSPS) is 20.2. The van der Waals surface area contributed by atoms with Gasteiger partial charge < -0.3 is 10.1 Å². The van der Waals surface area contributed by atoms with Crippen molar-refractivity contribution in [2.24, 2.45) is 5.92 Å². The number of benzene rings is 1. The Labute approximate surface area is 121 Å². The van der Waals surface area contributed by atoms with E-state index in [4.69, 9.17) is 4.74 Å². The smallest absolute Gasteiger partial charge is 0.243 e. The fourth-order valence-electron chi connectivity index (χ4n) is 2.51. The predicted molar refractivity (Wildman–Crippen MR) is 78.4 cm³/mol. The van der Waals surface area contributed by atoms with Crippen LogP contribution in [-0.4, -0.2) is 46.0 Å². The topological polar surface area (TPSA) is 58.6 Å². The van der Waals surface area contributed by atoms with Crippen LogP contribution in [0.2, 0.25) is 0 Å². The quantitative estimate of drug-likeness (QED) is 0.860. The van der Waals surface area contributed by atoms with Crippen molar-refractivity contribution in [1.82, 2.24) is 9.62 Å². The van der Waals surface area contributed by atoms with Crippen LogP contribution in [0.5, 0.6) is 5.75 Å². The first kappa shape index (κ1) is 15.3. The molecule has 20 heavy (non-hydrogen) atoms. The van der Waals surface area contributed by atoms with Crippen LogP contribution in [0.15, 0.2) is 29.2 Å². The molecule has 0 amide bonds. The molecule has 0 aliphatic carbocycles. The predicted octanol–water partition coefficient (Wildman–Crippen LogP) is 1.32. The van der Waals surface area contributed by atoms with Crippen molar-refractivity contribution < 1.29 is 13.2 Å². The van der Waals surface area contributed by atoms with Gasteiger partial charge in [-0.25, -0.2) is 8.42 Å². The molecule has 0 bridgehead atoms. The van der Waals surface area contributed by atoms with E-state index in [9.17, 15) is 8.42 Å². The van der Waals surface area contributed by atoms with Crippen molar-refractivity contribution in [3.8, 4) is 5.75 Å². The van der Waals surface area contributed by atoms with Crippen LogP contribution >= 0.6 is 0 Å². The molecule has 1 aromatic rings. The van der Waals surface area contributed by atoms with Crippen molar-refractivity contribution in [2.75, 3.05) is 33.3 Å². The molecule has 2 rings (SSSR count). The van der Waals surface area contributed by atoms with Crippen LogP contribution in [-0.2, 0) is 10.0 Å². The van der Waals surface area contributed by atoms with Gasteiger partial charge in [0, 0.05) is 19.2 Å². The minimum absolute atomic E-state index is 0.313. The maximum atomic E-state index is 12.6. The van der Waals surface area contributed by atoms with Crippen molar-refractivity contribution in [1.29, 1.82) is 0 Å². The third-order valence-corrected chi connectivity index (χ3v) is 5.36. The first-order chi connectivity index (χ1) is 9.57. The van der Waals surface area contributed by atoms with E-state index in [0.29, 0.717) is 36.3 Å². The number of ether oxygens (including phenoxy) is 1. The molecule has 0 radical (unpaired) electrons. The maximum absolute atomic E-state index is 12.6. The van der Waals surface area contributed by atoms with Crippen LogP contribution in [0.1, 0.15) is 13.3 Å². The minimum atomic E-state index is -3.41. The molecular formula is C14H22N2O3S. The molecule has 1 unspecified atom stereocenters. The molecule has 1 aliphatic rings. The van der Waals surface area contributed by atoms with E-state index in [2.05, 4.69) is 5.32 Å². The molecule has 6 heteroatoms. The monoisotopic (exact) mass is 298 g/mol. The molecule has 1 saturated heterocycles. The van der Waals surface area contributed by atoms with Crippen molar-refractivity contribution in [3.05, 3.63) is 24.3 Å². The maximum Gasteiger partial charge on any atom is 0.243 e. The summed E-state index contributed by atoms with van der Waals surface area (Å²) in [5.41, 5.74) is 0. The molecule has 1 fully saturated rings. The first-order valence-electron chi connectivity index (χ1n) is 6.95. The van der Waals surface area contributed by atoms with E-state index in [1.807, 2.05) is 14.0 Å². The second kappa shape index (κ2) is 6.56. The summed E-state index contributed by atoms with van der Waals surface area (Å²) in [6, 6.07) is 6.73. The van der Waals surface area contributed by atoms with Gasteiger partial charge in [0.1, 0.15) is 5.75 Å². The highest BCUT2D eigenvalue weighted by Crippen LogP contribution is 2.26. The molecule has 1 N–H and O–H groups in total. The third kappa shape index (κ3) is 3.31. The van der Waals surface area contributed by atoms with Gasteiger partial charge >= 0.3 is 0 Å². The molecule has 1 aromatic carbocycles. The molecule has 0 aromatic heterocycles. The molecule has 1 heterocycles. The second-order valence-electron chi connectivity index (χ2n) is 4.98. The number of sulfonamides is 1. The second-order valence-corrected chi connectivity index (χ2v) is 6.92. The van der Waals surface area contributed by atoms with Gasteiger partial charge in [0.2, 0.25) is 10.0 Å². The van der Waals surface area contributed by atoms with E-state index >= 15 is 0 Å². The number of hydrogen-bond donors (Lipinski definition) is 1. The van der Waals surface area contributed by atoms with E-state index in [1.165, 1.54) is 0 Å². The summed E-state index contributed by atoms with van der Waals surface area (Å²) in [4.78, 5) is 0.313. The number of hydrogen-bond acceptors (Lipinski definition) is 4. The summed E-state index contributed by atoms with van der Waals surface area (Å²) in [5, 5.41) is 3.11. The Balaban J connectivity index is 2.16. The van der Waals surface area contributed by atoms with E-state index in [1.54, 1.807) is 28.6 Å². The van der Waals surface area contributed by atoms with Gasteiger partial charge in [-0.1, -0.05) is 6.07 Å². The number of nitrogens with one attached hydrogen (secondary N) is 1. The Hall–Kier alpha value is -1.11. The average Bonchev–Trinajstić information content (AvgIpc) is 2.89. The molecule has 5 nitrogen and oxygen atoms in total. The van der Waals surface area contributed by atoms with Crippen LogP contribution in [0.3, 0.4) is 0 Å². The Morgan fingerprint density at radius 3 is 2.95 bits per heavy atom. The molecule has 0 saturated carbocycles. The third-order valence-electron chi connectivity index (χ3n) is 3.50. The SMILES string of the molecule is CCOc1cccc(S(=O)(=O)N2CCC(CNC)C2)c1. The largest absolute Gasteiger partial charge is 0.494 e. The first-order valence-corrected chi connectivity index (χ1v) is 8.39. The lowest BCUT2D eigenvalue weighted by Crippen LogP contribution is -2.30. The van der Waals surface area contributed by atoms with Crippen LogP contribution in [0.25, 0.3) is 0 Å². The molecule has 112 valence electrons. The van der Waals surface area contributed by atoms with Gasteiger partial charge in [0.15, 0.2) is 0 Å². The molecular weight excluding hydrogens is 276 g/mol. The molecule has 0 spiro atoms. The fourth-order valence-corrected chi connectivity index (χ4v) is 4.08. The molecule has 1 aliphatic heterocycles. The Bertz CT molecular complexity index is 545. The van der Waals surface area contributed by atoms with Gasteiger partial charge in [0.25, 0.3) is 0 Å². The highest BCUT2D eigenvalue weighted by Gasteiger charge is 2.32. The molecule has 1 atom stereocenters. The highest BCUT2D eigenvalue weighted by atomic mass is 32.2. The summed E-state index contributed by atoms with van der Waals surface area (Å²) in [7, 11) is -1.51. The summed E-state index contributed by atoms with van der Waals surface area (Å²) in [6.07, 6.45) is 0.908. The zero-order valence-electron chi connectivity index (χ0n) is 12.0. The van der Waals surface area contributed by atoms with Crippen molar-refractivity contribution in [2.45, 2.75) is 18.2 Å². The standard InChI is InChI=1S/C14H22N2O3S/c1-3-19-13-5-4-6-14(9-13)20(17,18)16-8-7-12(11-16)10-15-2/h4-6,9,12,15H,3,7-8,10-11H2,1-2H3. The number of nitrogens with zero attached hydrogens (tertiary/aromatic N) is 1. The average molecular weight is 298 g/mol. The van der Waals surface area contributed by atoms with Crippen LogP contribution in [0.4, 0.5) is 0 Å². The lowest BCUT2D eigenvalue weighted by molar-refractivity contribution is 0.339. The Morgan fingerprint density at radius 1 is 1.45 bits per heavy atom. The lowest BCUT2D eigenvalue weighted by atomic mass is 10.1. The summed E-state index contributed by atoms with van der Waals surface area (Å²) in [5.74, 6) is 0.990. The van der Waals surface area contributed by atoms with Crippen LogP contribution in [0, 0.1) is 5.92 Å². The van der Waals surface area contributed by atoms with Crippen LogP contribution < -0.4 is 10.1 Å². The Morgan fingerprint density at radius 2 is 2.25 bits per heavy atom. The van der Waals surface area contributed by atoms with E-state index < -0.39 is 10.0 Å². The van der Waals surface area contributed by atoms with Gasteiger partial charge in [-0.3, -0.25) is 0 Å². The lowest BCUT2D eigenvalue weighted by Gasteiger charge is -2.17. The van der Waals surface area contributed by atoms with Gasteiger partial charge in [-0.15, -0.1) is 0 Å².